The lowest BCUT2D eigenvalue weighted by molar-refractivity contribution is 0.560. The average Bonchev–Trinajstić information content (AvgIpc) is 2.73. The van der Waals surface area contributed by atoms with E-state index >= 15 is 0 Å². The van der Waals surface area contributed by atoms with Gasteiger partial charge in [-0.2, -0.15) is 0 Å². The Hall–Kier alpha value is -1.33. The number of hydrogen-bond acceptors (Lipinski definition) is 3. The van der Waals surface area contributed by atoms with Gasteiger partial charge in [-0.3, -0.25) is 0 Å². The summed E-state index contributed by atoms with van der Waals surface area (Å²) in [5, 5.41) is 6.20. The van der Waals surface area contributed by atoms with Crippen molar-refractivity contribution in [2.24, 2.45) is 0 Å². The van der Waals surface area contributed by atoms with Crippen LogP contribution in [0.15, 0.2) is 23.6 Å². The predicted molar refractivity (Wildman–Crippen MR) is 68.6 cm³/mol. The molecule has 0 aliphatic heterocycles. The minimum absolute atomic E-state index is 0.399. The highest BCUT2D eigenvalue weighted by atomic mass is 32.1. The number of hydrogen-bond donors (Lipinski definition) is 1. The molecule has 1 heterocycles. The normalized spacial score (nSPS) is 10.8. The summed E-state index contributed by atoms with van der Waals surface area (Å²) in [5.41, 5.74) is 1.51. The van der Waals surface area contributed by atoms with E-state index in [2.05, 4.69) is 10.3 Å². The lowest BCUT2D eigenvalue weighted by Gasteiger charge is -2.05. The minimum Gasteiger partial charge on any atom is -0.312 e. The molecule has 1 aromatic carbocycles. The number of aryl methyl sites for hydroxylation is 1. The Morgan fingerprint density at radius 1 is 1.33 bits per heavy atom. The Bertz CT molecular complexity index is 525. The molecule has 0 amide bonds. The third kappa shape index (κ3) is 3.58. The summed E-state index contributed by atoms with van der Waals surface area (Å²) in [4.78, 5) is 4.34. The molecule has 2 rings (SSSR count). The van der Waals surface area contributed by atoms with Crippen LogP contribution in [0.25, 0.3) is 0 Å². The Morgan fingerprint density at radius 3 is 2.83 bits per heavy atom. The van der Waals surface area contributed by atoms with E-state index in [1.54, 1.807) is 11.3 Å². The first-order valence-corrected chi connectivity index (χ1v) is 6.59. The summed E-state index contributed by atoms with van der Waals surface area (Å²) in [7, 11) is 0. The molecule has 0 bridgehead atoms. The largest absolute Gasteiger partial charge is 0.312 e. The van der Waals surface area contributed by atoms with Crippen LogP contribution >= 0.6 is 11.3 Å². The maximum Gasteiger partial charge on any atom is 0.130 e. The number of nitrogens with zero attached hydrogens (tertiary/aromatic N) is 1. The van der Waals surface area contributed by atoms with Gasteiger partial charge in [-0.15, -0.1) is 11.3 Å². The zero-order valence-electron chi connectivity index (χ0n) is 10.0. The van der Waals surface area contributed by atoms with Gasteiger partial charge in [-0.1, -0.05) is 6.07 Å². The van der Waals surface area contributed by atoms with Gasteiger partial charge in [0.1, 0.15) is 11.6 Å². The van der Waals surface area contributed by atoms with Crippen LogP contribution in [0, 0.1) is 18.6 Å². The smallest absolute Gasteiger partial charge is 0.130 e. The van der Waals surface area contributed by atoms with Gasteiger partial charge in [0.2, 0.25) is 0 Å². The van der Waals surface area contributed by atoms with E-state index in [4.69, 9.17) is 0 Å². The summed E-state index contributed by atoms with van der Waals surface area (Å²) >= 11 is 1.63. The lowest BCUT2D eigenvalue weighted by Crippen LogP contribution is -2.17. The fourth-order valence-electron chi connectivity index (χ4n) is 1.60. The standard InChI is InChI=1S/C13H14F2N2S/c1-9-8-18-13(17-9)4-5-16-7-10-2-3-11(14)6-12(10)15/h2-3,6,8,16H,4-5,7H2,1H3. The van der Waals surface area contributed by atoms with Crippen molar-refractivity contribution in [1.29, 1.82) is 0 Å². The van der Waals surface area contributed by atoms with Crippen LogP contribution < -0.4 is 5.32 Å². The summed E-state index contributed by atoms with van der Waals surface area (Å²) in [6, 6.07) is 3.64. The van der Waals surface area contributed by atoms with E-state index in [-0.39, 0.29) is 0 Å². The van der Waals surface area contributed by atoms with Gasteiger partial charge in [0.25, 0.3) is 0 Å². The number of thiazole rings is 1. The van der Waals surface area contributed by atoms with E-state index in [1.807, 2.05) is 12.3 Å². The summed E-state index contributed by atoms with van der Waals surface area (Å²) in [6.45, 7) is 3.08. The van der Waals surface area contributed by atoms with Gasteiger partial charge in [0.05, 0.1) is 5.01 Å². The van der Waals surface area contributed by atoms with Crippen LogP contribution in [-0.4, -0.2) is 11.5 Å². The van der Waals surface area contributed by atoms with Crippen molar-refractivity contribution in [3.63, 3.8) is 0 Å². The predicted octanol–water partition coefficient (Wildman–Crippen LogP) is 3.06. The van der Waals surface area contributed by atoms with Crippen molar-refractivity contribution >= 4 is 11.3 Å². The second-order valence-corrected chi connectivity index (χ2v) is 4.99. The third-order valence-electron chi connectivity index (χ3n) is 2.51. The van der Waals surface area contributed by atoms with Crippen molar-refractivity contribution in [3.05, 3.63) is 51.5 Å². The molecular formula is C13H14F2N2S. The number of benzene rings is 1. The molecule has 0 aliphatic rings. The van der Waals surface area contributed by atoms with Crippen molar-refractivity contribution in [2.45, 2.75) is 19.9 Å². The first-order valence-electron chi connectivity index (χ1n) is 5.71. The molecule has 1 aromatic heterocycles. The summed E-state index contributed by atoms with van der Waals surface area (Å²) < 4.78 is 26.0. The maximum atomic E-state index is 13.3. The molecule has 0 saturated carbocycles. The van der Waals surface area contributed by atoms with Crippen LogP contribution in [0.1, 0.15) is 16.3 Å². The molecule has 0 radical (unpaired) electrons. The Kier molecular flexibility index (Phi) is 4.38. The molecule has 0 saturated heterocycles. The quantitative estimate of drug-likeness (QED) is 0.843. The molecule has 0 aliphatic carbocycles. The van der Waals surface area contributed by atoms with Crippen LogP contribution in [0.3, 0.4) is 0 Å². The average molecular weight is 268 g/mol. The van der Waals surface area contributed by atoms with Crippen LogP contribution in [0.4, 0.5) is 8.78 Å². The number of nitrogens with one attached hydrogen (secondary N) is 1. The highest BCUT2D eigenvalue weighted by Crippen LogP contribution is 2.10. The van der Waals surface area contributed by atoms with Gasteiger partial charge < -0.3 is 5.32 Å². The third-order valence-corrected chi connectivity index (χ3v) is 3.54. The second-order valence-electron chi connectivity index (χ2n) is 4.05. The minimum atomic E-state index is -0.547. The molecule has 0 spiro atoms. The summed E-state index contributed by atoms with van der Waals surface area (Å²) in [6.07, 6.45) is 0.821. The van der Waals surface area contributed by atoms with Crippen molar-refractivity contribution in [2.75, 3.05) is 6.54 Å². The number of aromatic nitrogens is 1. The van der Waals surface area contributed by atoms with Crippen molar-refractivity contribution < 1.29 is 8.78 Å². The van der Waals surface area contributed by atoms with Crippen molar-refractivity contribution in [1.82, 2.24) is 10.3 Å². The molecule has 0 fully saturated rings. The first-order chi connectivity index (χ1) is 8.65. The molecule has 18 heavy (non-hydrogen) atoms. The van der Waals surface area contributed by atoms with Crippen LogP contribution in [-0.2, 0) is 13.0 Å². The highest BCUT2D eigenvalue weighted by molar-refractivity contribution is 7.09. The zero-order valence-corrected chi connectivity index (χ0v) is 10.9. The molecule has 1 N–H and O–H groups in total. The van der Waals surface area contributed by atoms with E-state index < -0.39 is 11.6 Å². The van der Waals surface area contributed by atoms with Gasteiger partial charge in [-0.05, 0) is 13.0 Å². The highest BCUT2D eigenvalue weighted by Gasteiger charge is 2.03. The lowest BCUT2D eigenvalue weighted by atomic mass is 10.2. The molecule has 0 atom stereocenters. The molecular weight excluding hydrogens is 254 g/mol. The van der Waals surface area contributed by atoms with Gasteiger partial charge in [-0.25, -0.2) is 13.8 Å². The molecule has 2 nitrogen and oxygen atoms in total. The van der Waals surface area contributed by atoms with E-state index in [9.17, 15) is 8.78 Å². The van der Waals surface area contributed by atoms with Crippen LogP contribution in [0.2, 0.25) is 0 Å². The Balaban J connectivity index is 1.78. The molecule has 5 heteroatoms. The molecule has 96 valence electrons. The monoisotopic (exact) mass is 268 g/mol. The SMILES string of the molecule is Cc1csc(CCNCc2ccc(F)cc2F)n1. The zero-order chi connectivity index (χ0) is 13.0. The van der Waals surface area contributed by atoms with Crippen LogP contribution in [0.5, 0.6) is 0 Å². The molecule has 0 unspecified atom stereocenters. The van der Waals surface area contributed by atoms with E-state index in [0.717, 1.165) is 29.7 Å². The second kappa shape index (κ2) is 6.02. The summed E-state index contributed by atoms with van der Waals surface area (Å²) in [5.74, 6) is -1.05. The fourth-order valence-corrected chi connectivity index (χ4v) is 2.38. The first kappa shape index (κ1) is 13.1. The number of rotatable bonds is 5. The van der Waals surface area contributed by atoms with Gasteiger partial charge in [0.15, 0.2) is 0 Å². The number of halogens is 2. The van der Waals surface area contributed by atoms with E-state index in [0.29, 0.717) is 12.1 Å². The fraction of sp³-hybridized carbons (Fsp3) is 0.308. The topological polar surface area (TPSA) is 24.9 Å². The van der Waals surface area contributed by atoms with Crippen molar-refractivity contribution in [3.8, 4) is 0 Å². The Labute approximate surface area is 109 Å². The van der Waals surface area contributed by atoms with Gasteiger partial charge >= 0.3 is 0 Å². The van der Waals surface area contributed by atoms with E-state index in [1.165, 1.54) is 12.1 Å². The Morgan fingerprint density at radius 2 is 2.17 bits per heavy atom. The van der Waals surface area contributed by atoms with Gasteiger partial charge in [0, 0.05) is 42.2 Å². The molecule has 2 aromatic rings. The maximum absolute atomic E-state index is 13.3.